The predicted molar refractivity (Wildman–Crippen MR) is 133 cm³/mol. The van der Waals surface area contributed by atoms with Gasteiger partial charge < -0.3 is 19.9 Å². The van der Waals surface area contributed by atoms with Crippen LogP contribution in [0.25, 0.3) is 6.08 Å². The first-order chi connectivity index (χ1) is 16.9. The van der Waals surface area contributed by atoms with Gasteiger partial charge in [0.2, 0.25) is 0 Å². The summed E-state index contributed by atoms with van der Waals surface area (Å²) in [5.41, 5.74) is 2.50. The van der Waals surface area contributed by atoms with Crippen LogP contribution in [0.2, 0.25) is 0 Å². The number of rotatable bonds is 11. The largest absolute Gasteiger partial charge is 0.490 e. The highest BCUT2D eigenvalue weighted by molar-refractivity contribution is 6.02. The molecule has 0 aliphatic heterocycles. The number of amides is 1. The lowest BCUT2D eigenvalue weighted by Gasteiger charge is -2.17. The van der Waals surface area contributed by atoms with Gasteiger partial charge in [-0.05, 0) is 67.7 Å². The highest BCUT2D eigenvalue weighted by atomic mass is 16.5. The number of carbonyl (C=O) groups is 2. The molecule has 2 aromatic rings. The van der Waals surface area contributed by atoms with Crippen molar-refractivity contribution in [1.82, 2.24) is 5.32 Å². The molecule has 35 heavy (non-hydrogen) atoms. The summed E-state index contributed by atoms with van der Waals surface area (Å²) in [6.45, 7) is 6.30. The predicted octanol–water partition coefficient (Wildman–Crippen LogP) is 5.06. The number of nitriles is 1. The maximum absolute atomic E-state index is 12.6. The molecule has 1 aliphatic carbocycles. The average Bonchev–Trinajstić information content (AvgIpc) is 3.35. The van der Waals surface area contributed by atoms with E-state index in [1.807, 2.05) is 19.1 Å². The molecule has 3 rings (SSSR count). The van der Waals surface area contributed by atoms with Crippen LogP contribution < -0.4 is 14.8 Å². The Labute approximate surface area is 205 Å². The summed E-state index contributed by atoms with van der Waals surface area (Å²) in [5, 5.41) is 21.6. The zero-order valence-corrected chi connectivity index (χ0v) is 19.9. The molecule has 182 valence electrons. The minimum Gasteiger partial charge on any atom is -0.490 e. The van der Waals surface area contributed by atoms with Crippen molar-refractivity contribution in [3.05, 3.63) is 76.9 Å². The number of nitrogens with one attached hydrogen (secondary N) is 1. The van der Waals surface area contributed by atoms with E-state index in [-0.39, 0.29) is 29.7 Å². The fourth-order valence-corrected chi connectivity index (χ4v) is 4.05. The number of carbonyl (C=O) groups excluding carboxylic acids is 1. The molecule has 0 heterocycles. The van der Waals surface area contributed by atoms with Gasteiger partial charge in [-0.25, -0.2) is 4.79 Å². The number of nitrogens with zero attached hydrogens (tertiary/aromatic N) is 1. The molecule has 0 unspecified atom stereocenters. The second-order valence-electron chi connectivity index (χ2n) is 8.35. The third-order valence-electron chi connectivity index (χ3n) is 5.77. The van der Waals surface area contributed by atoms with Crippen molar-refractivity contribution >= 4 is 18.0 Å². The third kappa shape index (κ3) is 6.97. The van der Waals surface area contributed by atoms with Crippen LogP contribution in [0.1, 0.15) is 59.7 Å². The van der Waals surface area contributed by atoms with Crippen LogP contribution >= 0.6 is 0 Å². The summed E-state index contributed by atoms with van der Waals surface area (Å²) in [6.07, 6.45) is 7.85. The first-order valence-corrected chi connectivity index (χ1v) is 11.7. The molecule has 2 N–H and O–H groups in total. The molecule has 2 aromatic carbocycles. The van der Waals surface area contributed by atoms with E-state index in [2.05, 4.69) is 11.9 Å². The van der Waals surface area contributed by atoms with Crippen LogP contribution in [0.4, 0.5) is 0 Å². The Morgan fingerprint density at radius 3 is 2.51 bits per heavy atom. The monoisotopic (exact) mass is 474 g/mol. The van der Waals surface area contributed by atoms with E-state index in [9.17, 15) is 14.9 Å². The number of ether oxygens (including phenoxy) is 2. The molecule has 0 saturated heterocycles. The Kier molecular flexibility index (Phi) is 9.08. The number of hydrogen-bond donors (Lipinski definition) is 2. The van der Waals surface area contributed by atoms with Gasteiger partial charge in [-0.3, -0.25) is 4.79 Å². The molecule has 1 fully saturated rings. The zero-order valence-electron chi connectivity index (χ0n) is 19.9. The highest BCUT2D eigenvalue weighted by Gasteiger charge is 2.20. The zero-order chi connectivity index (χ0) is 25.2. The van der Waals surface area contributed by atoms with E-state index in [1.54, 1.807) is 30.4 Å². The average molecular weight is 475 g/mol. The van der Waals surface area contributed by atoms with Crippen LogP contribution in [0.5, 0.6) is 11.5 Å². The van der Waals surface area contributed by atoms with Gasteiger partial charge in [-0.2, -0.15) is 5.26 Å². The minimum atomic E-state index is -0.985. The standard InChI is InChI=1S/C28H30N2O5/c1-3-7-22-14-20(15-23(17-29)27(31)30-24-8-5-6-9-24)16-25(34-4-2)26(22)35-18-19-10-12-21(13-11-19)28(32)33/h3,10-16,24H,1,4-9,18H2,2H3,(H,30,31)(H,32,33)/b23-15-. The molecule has 1 aliphatic rings. The SMILES string of the molecule is C=CCc1cc(/C=C(/C#N)C(=O)NC2CCCC2)cc(OCC)c1OCc1ccc(C(=O)O)cc1. The molecule has 1 saturated carbocycles. The van der Waals surface area contributed by atoms with Crippen LogP contribution in [-0.4, -0.2) is 29.6 Å². The maximum Gasteiger partial charge on any atom is 0.335 e. The van der Waals surface area contributed by atoms with Gasteiger partial charge in [-0.1, -0.05) is 31.1 Å². The van der Waals surface area contributed by atoms with Crippen LogP contribution in [0.15, 0.2) is 54.6 Å². The van der Waals surface area contributed by atoms with E-state index in [0.717, 1.165) is 36.8 Å². The quantitative estimate of drug-likeness (QED) is 0.268. The molecular weight excluding hydrogens is 444 g/mol. The summed E-state index contributed by atoms with van der Waals surface area (Å²) >= 11 is 0. The summed E-state index contributed by atoms with van der Waals surface area (Å²) in [4.78, 5) is 23.7. The van der Waals surface area contributed by atoms with Gasteiger partial charge in [0, 0.05) is 11.6 Å². The van der Waals surface area contributed by atoms with Gasteiger partial charge >= 0.3 is 5.97 Å². The van der Waals surface area contributed by atoms with Crippen molar-refractivity contribution in [3.8, 4) is 17.6 Å². The van der Waals surface area contributed by atoms with E-state index < -0.39 is 5.97 Å². The maximum atomic E-state index is 12.6. The number of hydrogen-bond acceptors (Lipinski definition) is 5. The Bertz CT molecular complexity index is 1140. The Morgan fingerprint density at radius 1 is 1.20 bits per heavy atom. The summed E-state index contributed by atoms with van der Waals surface area (Å²) in [7, 11) is 0. The number of carboxylic acid groups (broad SMARTS) is 1. The fourth-order valence-electron chi connectivity index (χ4n) is 4.05. The van der Waals surface area contributed by atoms with Crippen molar-refractivity contribution in [1.29, 1.82) is 5.26 Å². The van der Waals surface area contributed by atoms with Crippen molar-refractivity contribution in [2.24, 2.45) is 0 Å². The lowest BCUT2D eigenvalue weighted by atomic mass is 10.0. The lowest BCUT2D eigenvalue weighted by molar-refractivity contribution is -0.117. The fraction of sp³-hybridized carbons (Fsp3) is 0.321. The number of allylic oxidation sites excluding steroid dienone is 1. The smallest absolute Gasteiger partial charge is 0.335 e. The van der Waals surface area contributed by atoms with Crippen LogP contribution in [-0.2, 0) is 17.8 Å². The molecule has 0 bridgehead atoms. The van der Waals surface area contributed by atoms with E-state index in [1.165, 1.54) is 12.1 Å². The van der Waals surface area contributed by atoms with Gasteiger partial charge in [0.1, 0.15) is 18.2 Å². The molecule has 7 heteroatoms. The normalized spacial score (nSPS) is 13.7. The van der Waals surface area contributed by atoms with Crippen molar-refractivity contribution < 1.29 is 24.2 Å². The molecule has 1 amide bonds. The first-order valence-electron chi connectivity index (χ1n) is 11.7. The van der Waals surface area contributed by atoms with Crippen molar-refractivity contribution in [2.75, 3.05) is 6.61 Å². The van der Waals surface area contributed by atoms with Gasteiger partial charge in [0.15, 0.2) is 11.5 Å². The topological polar surface area (TPSA) is 109 Å². The third-order valence-corrected chi connectivity index (χ3v) is 5.77. The van der Waals surface area contributed by atoms with Crippen LogP contribution in [0.3, 0.4) is 0 Å². The van der Waals surface area contributed by atoms with Gasteiger partial charge in [0.05, 0.1) is 12.2 Å². The minimum absolute atomic E-state index is 0.0380. The second kappa shape index (κ2) is 12.4. The number of benzene rings is 2. The molecule has 7 nitrogen and oxygen atoms in total. The summed E-state index contributed by atoms with van der Waals surface area (Å²) in [5.74, 6) is -0.316. The lowest BCUT2D eigenvalue weighted by Crippen LogP contribution is -2.33. The first kappa shape index (κ1) is 25.6. The van der Waals surface area contributed by atoms with E-state index >= 15 is 0 Å². The number of aromatic carboxylic acids is 1. The summed E-state index contributed by atoms with van der Waals surface area (Å²) < 4.78 is 11.9. The molecule has 0 radical (unpaired) electrons. The highest BCUT2D eigenvalue weighted by Crippen LogP contribution is 2.35. The van der Waals surface area contributed by atoms with Crippen molar-refractivity contribution in [3.63, 3.8) is 0 Å². The van der Waals surface area contributed by atoms with E-state index in [0.29, 0.717) is 30.1 Å². The summed E-state index contributed by atoms with van der Waals surface area (Å²) in [6, 6.07) is 12.2. The van der Waals surface area contributed by atoms with Gasteiger partial charge in [-0.15, -0.1) is 6.58 Å². The van der Waals surface area contributed by atoms with E-state index in [4.69, 9.17) is 14.6 Å². The van der Waals surface area contributed by atoms with Crippen LogP contribution in [0, 0.1) is 11.3 Å². The Morgan fingerprint density at radius 2 is 1.91 bits per heavy atom. The Hall–Kier alpha value is -4.05. The Balaban J connectivity index is 1.87. The molecule has 0 spiro atoms. The molecule has 0 aromatic heterocycles. The second-order valence-corrected chi connectivity index (χ2v) is 8.35. The molecule has 0 atom stereocenters. The van der Waals surface area contributed by atoms with Gasteiger partial charge in [0.25, 0.3) is 5.91 Å². The molecular formula is C28H30N2O5. The number of carboxylic acids is 1. The van der Waals surface area contributed by atoms with Crippen molar-refractivity contribution in [2.45, 2.75) is 51.7 Å².